The van der Waals surface area contributed by atoms with Crippen LogP contribution < -0.4 is 10.2 Å². The lowest BCUT2D eigenvalue weighted by molar-refractivity contribution is -0.141. The van der Waals surface area contributed by atoms with Crippen LogP contribution in [0.4, 0.5) is 24.9 Å². The molecule has 20 heavy (non-hydrogen) atoms. The van der Waals surface area contributed by atoms with Crippen molar-refractivity contribution in [1.29, 1.82) is 0 Å². The van der Waals surface area contributed by atoms with Gasteiger partial charge >= 0.3 is 6.18 Å². The first-order chi connectivity index (χ1) is 9.40. The molecule has 2 rings (SSSR count). The average molecular weight is 290 g/mol. The van der Waals surface area contributed by atoms with Gasteiger partial charge in [0.05, 0.1) is 12.7 Å². The van der Waals surface area contributed by atoms with E-state index in [0.29, 0.717) is 26.2 Å². The highest BCUT2D eigenvalue weighted by Gasteiger charge is 2.34. The molecule has 0 amide bonds. The zero-order valence-corrected chi connectivity index (χ0v) is 11.4. The summed E-state index contributed by atoms with van der Waals surface area (Å²) in [7, 11) is 0. The standard InChI is InChI=1S/C12H17F3N4O/c1-3-16-11-17-9(12(13,14)15)6-10(18-11)19-4-5-20-8(2)7-19/h6,8H,3-5,7H2,1-2H3,(H,16,17,18). The lowest BCUT2D eigenvalue weighted by Gasteiger charge is -2.32. The van der Waals surface area contributed by atoms with Gasteiger partial charge < -0.3 is 15.0 Å². The van der Waals surface area contributed by atoms with E-state index in [0.717, 1.165) is 6.07 Å². The lowest BCUT2D eigenvalue weighted by atomic mass is 10.3. The van der Waals surface area contributed by atoms with Gasteiger partial charge in [-0.15, -0.1) is 0 Å². The first kappa shape index (κ1) is 14.8. The largest absolute Gasteiger partial charge is 0.433 e. The normalized spacial score (nSPS) is 20.1. The number of aromatic nitrogens is 2. The summed E-state index contributed by atoms with van der Waals surface area (Å²) in [4.78, 5) is 9.43. The fourth-order valence-corrected chi connectivity index (χ4v) is 2.01. The Bertz CT molecular complexity index is 467. The number of ether oxygens (including phenoxy) is 1. The molecule has 0 aliphatic carbocycles. The van der Waals surface area contributed by atoms with Gasteiger partial charge in [0.1, 0.15) is 5.82 Å². The summed E-state index contributed by atoms with van der Waals surface area (Å²) in [5, 5.41) is 2.73. The van der Waals surface area contributed by atoms with Crippen molar-refractivity contribution in [2.24, 2.45) is 0 Å². The molecule has 1 aliphatic heterocycles. The van der Waals surface area contributed by atoms with E-state index < -0.39 is 11.9 Å². The van der Waals surface area contributed by atoms with E-state index >= 15 is 0 Å². The number of rotatable bonds is 3. The minimum Gasteiger partial charge on any atom is -0.375 e. The van der Waals surface area contributed by atoms with E-state index in [9.17, 15) is 13.2 Å². The van der Waals surface area contributed by atoms with Gasteiger partial charge in [-0.2, -0.15) is 18.2 Å². The third kappa shape index (κ3) is 3.50. The Morgan fingerprint density at radius 2 is 2.20 bits per heavy atom. The third-order valence-corrected chi connectivity index (χ3v) is 2.90. The Kier molecular flexibility index (Phi) is 4.32. The van der Waals surface area contributed by atoms with Gasteiger partial charge in [0.25, 0.3) is 0 Å². The van der Waals surface area contributed by atoms with Gasteiger partial charge in [-0.3, -0.25) is 0 Å². The highest BCUT2D eigenvalue weighted by Crippen LogP contribution is 2.30. The molecule has 2 heterocycles. The predicted octanol–water partition coefficient (Wildman–Crippen LogP) is 2.15. The minimum atomic E-state index is -4.49. The van der Waals surface area contributed by atoms with Crippen molar-refractivity contribution in [2.45, 2.75) is 26.1 Å². The summed E-state index contributed by atoms with van der Waals surface area (Å²) >= 11 is 0. The van der Waals surface area contributed by atoms with Gasteiger partial charge in [0, 0.05) is 25.7 Å². The predicted molar refractivity (Wildman–Crippen MR) is 68.8 cm³/mol. The molecule has 1 fully saturated rings. The van der Waals surface area contributed by atoms with Gasteiger partial charge in [0.2, 0.25) is 5.95 Å². The van der Waals surface area contributed by atoms with Crippen molar-refractivity contribution in [1.82, 2.24) is 9.97 Å². The highest BCUT2D eigenvalue weighted by atomic mass is 19.4. The van der Waals surface area contributed by atoms with E-state index in [2.05, 4.69) is 15.3 Å². The second-order valence-corrected chi connectivity index (χ2v) is 4.59. The number of hydrogen-bond acceptors (Lipinski definition) is 5. The molecule has 112 valence electrons. The zero-order chi connectivity index (χ0) is 14.8. The van der Waals surface area contributed by atoms with Crippen LogP contribution in [0.2, 0.25) is 0 Å². The molecule has 0 spiro atoms. The van der Waals surface area contributed by atoms with Crippen LogP contribution in [0.3, 0.4) is 0 Å². The van der Waals surface area contributed by atoms with Gasteiger partial charge in [-0.1, -0.05) is 0 Å². The molecule has 1 saturated heterocycles. The Hall–Kier alpha value is -1.57. The lowest BCUT2D eigenvalue weighted by Crippen LogP contribution is -2.41. The van der Waals surface area contributed by atoms with Gasteiger partial charge in [-0.05, 0) is 13.8 Å². The Morgan fingerprint density at radius 3 is 2.80 bits per heavy atom. The van der Waals surface area contributed by atoms with Crippen molar-refractivity contribution in [2.75, 3.05) is 36.5 Å². The van der Waals surface area contributed by atoms with E-state index in [1.807, 2.05) is 6.92 Å². The molecule has 8 heteroatoms. The van der Waals surface area contributed by atoms with Crippen molar-refractivity contribution < 1.29 is 17.9 Å². The summed E-state index contributed by atoms with van der Waals surface area (Å²) in [6, 6.07) is 0.985. The van der Waals surface area contributed by atoms with Gasteiger partial charge in [-0.25, -0.2) is 4.98 Å². The number of halogens is 3. The van der Waals surface area contributed by atoms with Crippen molar-refractivity contribution >= 4 is 11.8 Å². The molecule has 1 aliphatic rings. The number of alkyl halides is 3. The fourth-order valence-electron chi connectivity index (χ4n) is 2.01. The van der Waals surface area contributed by atoms with Crippen molar-refractivity contribution in [3.63, 3.8) is 0 Å². The molecule has 0 saturated carbocycles. The molecule has 1 aromatic rings. The first-order valence-electron chi connectivity index (χ1n) is 6.47. The van der Waals surface area contributed by atoms with Crippen LogP contribution in [0.1, 0.15) is 19.5 Å². The molecule has 0 radical (unpaired) electrons. The molecule has 0 aromatic carbocycles. The van der Waals surface area contributed by atoms with Crippen molar-refractivity contribution in [3.05, 3.63) is 11.8 Å². The van der Waals surface area contributed by atoms with Crippen LogP contribution in [-0.2, 0) is 10.9 Å². The number of morpholine rings is 1. The molecule has 5 nitrogen and oxygen atoms in total. The zero-order valence-electron chi connectivity index (χ0n) is 11.4. The quantitative estimate of drug-likeness (QED) is 0.924. The third-order valence-electron chi connectivity index (χ3n) is 2.90. The number of anilines is 2. The molecular formula is C12H17F3N4O. The monoisotopic (exact) mass is 290 g/mol. The summed E-state index contributed by atoms with van der Waals surface area (Å²) < 4.78 is 44.0. The average Bonchev–Trinajstić information content (AvgIpc) is 2.38. The van der Waals surface area contributed by atoms with Crippen LogP contribution in [0, 0.1) is 0 Å². The second kappa shape index (κ2) is 5.82. The number of nitrogens with zero attached hydrogens (tertiary/aromatic N) is 3. The summed E-state index contributed by atoms with van der Waals surface area (Å²) in [5.41, 5.74) is -0.933. The molecule has 1 atom stereocenters. The Balaban J connectivity index is 2.33. The van der Waals surface area contributed by atoms with E-state index in [-0.39, 0.29) is 17.9 Å². The van der Waals surface area contributed by atoms with Crippen molar-refractivity contribution in [3.8, 4) is 0 Å². The van der Waals surface area contributed by atoms with E-state index in [1.165, 1.54) is 0 Å². The van der Waals surface area contributed by atoms with E-state index in [4.69, 9.17) is 4.74 Å². The highest BCUT2D eigenvalue weighted by molar-refractivity contribution is 5.46. The molecule has 0 bridgehead atoms. The Labute approximate surface area is 115 Å². The van der Waals surface area contributed by atoms with Gasteiger partial charge in [0.15, 0.2) is 5.69 Å². The SMILES string of the molecule is CCNc1nc(N2CCOC(C)C2)cc(C(F)(F)F)n1. The topological polar surface area (TPSA) is 50.3 Å². The van der Waals surface area contributed by atoms with Crippen LogP contribution in [-0.4, -0.2) is 42.3 Å². The number of hydrogen-bond donors (Lipinski definition) is 1. The maximum atomic E-state index is 12.9. The maximum absolute atomic E-state index is 12.9. The summed E-state index contributed by atoms with van der Waals surface area (Å²) in [5.74, 6) is 0.273. The first-order valence-corrected chi connectivity index (χ1v) is 6.47. The molecule has 1 unspecified atom stereocenters. The maximum Gasteiger partial charge on any atom is 0.433 e. The number of nitrogens with one attached hydrogen (secondary N) is 1. The second-order valence-electron chi connectivity index (χ2n) is 4.59. The molecular weight excluding hydrogens is 273 g/mol. The van der Waals surface area contributed by atoms with Crippen LogP contribution in [0.5, 0.6) is 0 Å². The smallest absolute Gasteiger partial charge is 0.375 e. The van der Waals surface area contributed by atoms with Crippen LogP contribution in [0.25, 0.3) is 0 Å². The fraction of sp³-hybridized carbons (Fsp3) is 0.667. The summed E-state index contributed by atoms with van der Waals surface area (Å²) in [6.07, 6.45) is -4.52. The van der Waals surface area contributed by atoms with Crippen LogP contribution >= 0.6 is 0 Å². The minimum absolute atomic E-state index is 0.00327. The van der Waals surface area contributed by atoms with Crippen LogP contribution in [0.15, 0.2) is 6.07 Å². The summed E-state index contributed by atoms with van der Waals surface area (Å²) in [6.45, 7) is 5.62. The molecule has 1 N–H and O–H groups in total. The Morgan fingerprint density at radius 1 is 1.45 bits per heavy atom. The molecule has 1 aromatic heterocycles. The van der Waals surface area contributed by atoms with E-state index in [1.54, 1.807) is 11.8 Å².